The van der Waals surface area contributed by atoms with Crippen molar-refractivity contribution in [3.05, 3.63) is 42.0 Å². The van der Waals surface area contributed by atoms with Gasteiger partial charge in [-0.15, -0.1) is 6.58 Å². The Morgan fingerprint density at radius 3 is 2.94 bits per heavy atom. The second-order valence-electron chi connectivity index (χ2n) is 4.02. The van der Waals surface area contributed by atoms with Gasteiger partial charge in [0.05, 0.1) is 13.2 Å². The smallest absolute Gasteiger partial charge is 0.251 e. The predicted molar refractivity (Wildman–Crippen MR) is 73.6 cm³/mol. The molecule has 1 amide bonds. The third-order valence-electron chi connectivity index (χ3n) is 2.49. The molecule has 1 aromatic rings. The number of amides is 1. The molecule has 0 radical (unpaired) electrons. The minimum Gasteiger partial charge on any atom is -0.399 e. The first-order chi connectivity index (χ1) is 8.65. The topological polar surface area (TPSA) is 64.3 Å². The molecule has 3 N–H and O–H groups in total. The Bertz CT molecular complexity index is 416. The lowest BCUT2D eigenvalue weighted by Gasteiger charge is -2.08. The molecule has 0 fully saturated rings. The van der Waals surface area contributed by atoms with E-state index in [1.807, 2.05) is 6.92 Å². The Balaban J connectivity index is 2.34. The number of hydrogen-bond donors (Lipinski definition) is 2. The van der Waals surface area contributed by atoms with Crippen molar-refractivity contribution >= 4 is 11.6 Å². The third kappa shape index (κ3) is 4.59. The van der Waals surface area contributed by atoms with Crippen LogP contribution in [0.15, 0.2) is 30.9 Å². The molecule has 0 unspecified atom stereocenters. The highest BCUT2D eigenvalue weighted by molar-refractivity contribution is 5.95. The van der Waals surface area contributed by atoms with Gasteiger partial charge >= 0.3 is 0 Å². The van der Waals surface area contributed by atoms with Gasteiger partial charge in [-0.05, 0) is 37.1 Å². The molecule has 0 aliphatic carbocycles. The number of carbonyl (C=O) groups is 1. The number of ether oxygens (including phenoxy) is 1. The van der Waals surface area contributed by atoms with E-state index in [9.17, 15) is 4.79 Å². The highest BCUT2D eigenvalue weighted by Crippen LogP contribution is 2.11. The normalized spacial score (nSPS) is 10.1. The van der Waals surface area contributed by atoms with Crippen LogP contribution in [0.3, 0.4) is 0 Å². The summed E-state index contributed by atoms with van der Waals surface area (Å²) in [7, 11) is 0. The molecule has 0 aliphatic heterocycles. The highest BCUT2D eigenvalue weighted by atomic mass is 16.5. The SMILES string of the molecule is C=CCCOCCNC(=O)c1ccc(N)cc1C. The Kier molecular flexibility index (Phi) is 5.94. The zero-order chi connectivity index (χ0) is 13.4. The van der Waals surface area contributed by atoms with E-state index in [1.165, 1.54) is 0 Å². The maximum atomic E-state index is 11.8. The molecule has 1 rings (SSSR count). The standard InChI is InChI=1S/C14H20N2O2/c1-3-4-8-18-9-7-16-14(17)13-6-5-12(15)10-11(13)2/h3,5-6,10H,1,4,7-9,15H2,2H3,(H,16,17). The van der Waals surface area contributed by atoms with Crippen LogP contribution in [-0.4, -0.2) is 25.7 Å². The molecule has 0 aliphatic rings. The summed E-state index contributed by atoms with van der Waals surface area (Å²) in [5, 5.41) is 2.81. The summed E-state index contributed by atoms with van der Waals surface area (Å²) in [4.78, 5) is 11.8. The molecular weight excluding hydrogens is 228 g/mol. The number of benzene rings is 1. The monoisotopic (exact) mass is 248 g/mol. The van der Waals surface area contributed by atoms with Gasteiger partial charge in [0.15, 0.2) is 0 Å². The second-order valence-corrected chi connectivity index (χ2v) is 4.02. The molecule has 18 heavy (non-hydrogen) atoms. The summed E-state index contributed by atoms with van der Waals surface area (Å²) in [5.74, 6) is -0.0974. The van der Waals surface area contributed by atoms with Gasteiger partial charge in [-0.25, -0.2) is 0 Å². The molecule has 0 atom stereocenters. The molecule has 0 heterocycles. The molecule has 98 valence electrons. The van der Waals surface area contributed by atoms with E-state index in [-0.39, 0.29) is 5.91 Å². The minimum absolute atomic E-state index is 0.0974. The second kappa shape index (κ2) is 7.50. The largest absolute Gasteiger partial charge is 0.399 e. The van der Waals surface area contributed by atoms with Gasteiger partial charge in [-0.3, -0.25) is 4.79 Å². The molecule has 0 saturated carbocycles. The van der Waals surface area contributed by atoms with Gasteiger partial charge in [0.1, 0.15) is 0 Å². The summed E-state index contributed by atoms with van der Waals surface area (Å²) in [6.07, 6.45) is 2.63. The van der Waals surface area contributed by atoms with Gasteiger partial charge < -0.3 is 15.8 Å². The summed E-state index contributed by atoms with van der Waals surface area (Å²) in [5.41, 5.74) is 7.82. The summed E-state index contributed by atoms with van der Waals surface area (Å²) >= 11 is 0. The Labute approximate surface area is 108 Å². The molecule has 4 heteroatoms. The number of anilines is 1. The van der Waals surface area contributed by atoms with Crippen molar-refractivity contribution in [1.29, 1.82) is 0 Å². The van der Waals surface area contributed by atoms with Crippen molar-refractivity contribution in [2.45, 2.75) is 13.3 Å². The van der Waals surface area contributed by atoms with Crippen LogP contribution >= 0.6 is 0 Å². The zero-order valence-electron chi connectivity index (χ0n) is 10.7. The van der Waals surface area contributed by atoms with Crippen molar-refractivity contribution in [1.82, 2.24) is 5.32 Å². The maximum absolute atomic E-state index is 11.8. The average Bonchev–Trinajstić information content (AvgIpc) is 2.33. The van der Waals surface area contributed by atoms with E-state index in [4.69, 9.17) is 10.5 Å². The molecule has 4 nitrogen and oxygen atoms in total. The lowest BCUT2D eigenvalue weighted by Crippen LogP contribution is -2.28. The van der Waals surface area contributed by atoms with Crippen LogP contribution in [-0.2, 0) is 4.74 Å². The van der Waals surface area contributed by atoms with Crippen molar-refractivity contribution in [3.8, 4) is 0 Å². The lowest BCUT2D eigenvalue weighted by atomic mass is 10.1. The first kappa shape index (κ1) is 14.3. The van der Waals surface area contributed by atoms with E-state index in [0.717, 1.165) is 12.0 Å². The fraction of sp³-hybridized carbons (Fsp3) is 0.357. The van der Waals surface area contributed by atoms with E-state index in [2.05, 4.69) is 11.9 Å². The number of carbonyl (C=O) groups excluding carboxylic acids is 1. The molecule has 0 spiro atoms. The Hall–Kier alpha value is -1.81. The fourth-order valence-electron chi connectivity index (χ4n) is 1.54. The van der Waals surface area contributed by atoms with Crippen molar-refractivity contribution in [2.75, 3.05) is 25.5 Å². The lowest BCUT2D eigenvalue weighted by molar-refractivity contribution is 0.0917. The van der Waals surface area contributed by atoms with Crippen molar-refractivity contribution in [3.63, 3.8) is 0 Å². The van der Waals surface area contributed by atoms with Gasteiger partial charge in [0.25, 0.3) is 5.91 Å². The van der Waals surface area contributed by atoms with Gasteiger partial charge in [-0.1, -0.05) is 6.08 Å². The minimum atomic E-state index is -0.0974. The number of hydrogen-bond acceptors (Lipinski definition) is 3. The number of nitrogens with one attached hydrogen (secondary N) is 1. The number of aryl methyl sites for hydroxylation is 1. The van der Waals surface area contributed by atoms with Crippen LogP contribution in [0.25, 0.3) is 0 Å². The number of nitrogens with two attached hydrogens (primary N) is 1. The average molecular weight is 248 g/mol. The first-order valence-corrected chi connectivity index (χ1v) is 5.98. The summed E-state index contributed by atoms with van der Waals surface area (Å²) in [6, 6.07) is 5.25. The van der Waals surface area contributed by atoms with Gasteiger partial charge in [0, 0.05) is 17.8 Å². The van der Waals surface area contributed by atoms with Crippen LogP contribution < -0.4 is 11.1 Å². The van der Waals surface area contributed by atoms with Crippen molar-refractivity contribution in [2.24, 2.45) is 0 Å². The van der Waals surface area contributed by atoms with E-state index in [1.54, 1.807) is 24.3 Å². The summed E-state index contributed by atoms with van der Waals surface area (Å²) in [6.45, 7) is 7.12. The van der Waals surface area contributed by atoms with Crippen LogP contribution in [0.5, 0.6) is 0 Å². The van der Waals surface area contributed by atoms with E-state index in [0.29, 0.717) is 31.0 Å². The quantitative estimate of drug-likeness (QED) is 0.440. The first-order valence-electron chi connectivity index (χ1n) is 5.98. The molecule has 0 bridgehead atoms. The van der Waals surface area contributed by atoms with Crippen LogP contribution in [0.1, 0.15) is 22.3 Å². The van der Waals surface area contributed by atoms with E-state index >= 15 is 0 Å². The number of nitrogen functional groups attached to an aromatic ring is 1. The Morgan fingerprint density at radius 2 is 2.28 bits per heavy atom. The number of rotatable bonds is 7. The zero-order valence-corrected chi connectivity index (χ0v) is 10.7. The fourth-order valence-corrected chi connectivity index (χ4v) is 1.54. The molecular formula is C14H20N2O2. The van der Waals surface area contributed by atoms with Crippen LogP contribution in [0.4, 0.5) is 5.69 Å². The van der Waals surface area contributed by atoms with Gasteiger partial charge in [-0.2, -0.15) is 0 Å². The summed E-state index contributed by atoms with van der Waals surface area (Å²) < 4.78 is 5.30. The van der Waals surface area contributed by atoms with Crippen LogP contribution in [0.2, 0.25) is 0 Å². The highest BCUT2D eigenvalue weighted by Gasteiger charge is 2.07. The van der Waals surface area contributed by atoms with E-state index < -0.39 is 0 Å². The third-order valence-corrected chi connectivity index (χ3v) is 2.49. The van der Waals surface area contributed by atoms with Crippen LogP contribution in [0, 0.1) is 6.92 Å². The maximum Gasteiger partial charge on any atom is 0.251 e. The predicted octanol–water partition coefficient (Wildman–Crippen LogP) is 1.90. The molecule has 0 saturated heterocycles. The molecule has 0 aromatic heterocycles. The molecule has 1 aromatic carbocycles. The Morgan fingerprint density at radius 1 is 1.50 bits per heavy atom. The van der Waals surface area contributed by atoms with Gasteiger partial charge in [0.2, 0.25) is 0 Å². The van der Waals surface area contributed by atoms with Crippen molar-refractivity contribution < 1.29 is 9.53 Å².